The number of aliphatic hydroxyl groups excluding tert-OH is 1. The van der Waals surface area contributed by atoms with Crippen molar-refractivity contribution in [3.8, 4) is 39.4 Å². The second-order valence-electron chi connectivity index (χ2n) is 14.7. The maximum absolute atomic E-state index is 11.9. The number of nitrogens with zero attached hydrogens (tertiary/aromatic N) is 3. The molecule has 3 saturated heterocycles. The largest absolute Gasteiger partial charge is 0.481 e. The van der Waals surface area contributed by atoms with Crippen LogP contribution in [-0.4, -0.2) is 70.4 Å². The molecule has 0 bridgehead atoms. The first-order valence-electron chi connectivity index (χ1n) is 17.3. The Morgan fingerprint density at radius 1 is 0.800 bits per heavy atom. The van der Waals surface area contributed by atoms with Gasteiger partial charge in [-0.25, -0.2) is 4.98 Å². The average Bonchev–Trinajstić information content (AvgIpc) is 3.68. The van der Waals surface area contributed by atoms with E-state index in [0.717, 1.165) is 90.1 Å². The van der Waals surface area contributed by atoms with E-state index in [2.05, 4.69) is 27.2 Å². The topological polar surface area (TPSA) is 95.0 Å². The second kappa shape index (κ2) is 13.1. The molecule has 8 rings (SSSR count). The minimum Gasteiger partial charge on any atom is -0.481 e. The highest BCUT2D eigenvalue weighted by Crippen LogP contribution is 2.46. The van der Waals surface area contributed by atoms with Gasteiger partial charge in [-0.05, 0) is 41.7 Å². The SMILES string of the molecule is COc1nc(-c2cccc(-c3cccc(-c4ccc(CN5CC6(CCC(=O)C6)C5)c(CO)c4)c3Cl)c2Cl)ccc1CN1CC2(CCC(=O)N2)C1. The van der Waals surface area contributed by atoms with E-state index in [1.54, 1.807) is 7.11 Å². The number of Topliss-reactive ketones (excluding diaryl/α,β-unsaturated/α-hetero) is 1. The van der Waals surface area contributed by atoms with E-state index in [9.17, 15) is 14.7 Å². The number of hydrogen-bond donors (Lipinski definition) is 2. The van der Waals surface area contributed by atoms with Crippen LogP contribution in [0.25, 0.3) is 33.5 Å². The van der Waals surface area contributed by atoms with Gasteiger partial charge in [0.05, 0.1) is 35.0 Å². The third-order valence-corrected chi connectivity index (χ3v) is 11.9. The van der Waals surface area contributed by atoms with E-state index < -0.39 is 0 Å². The fraction of sp³-hybridized carbons (Fsp3) is 0.375. The first kappa shape index (κ1) is 33.4. The van der Waals surface area contributed by atoms with Gasteiger partial charge in [0.15, 0.2) is 0 Å². The molecule has 0 atom stereocenters. The number of likely N-dealkylation sites (tertiary alicyclic amines) is 2. The van der Waals surface area contributed by atoms with E-state index in [1.807, 2.05) is 54.6 Å². The third kappa shape index (κ3) is 6.11. The Hall–Kier alpha value is -3.79. The van der Waals surface area contributed by atoms with Crippen LogP contribution in [0.1, 0.15) is 48.8 Å². The summed E-state index contributed by atoms with van der Waals surface area (Å²) in [5, 5.41) is 14.6. The van der Waals surface area contributed by atoms with E-state index in [1.165, 1.54) is 0 Å². The van der Waals surface area contributed by atoms with Gasteiger partial charge in [0.1, 0.15) is 5.78 Å². The lowest BCUT2D eigenvalue weighted by Gasteiger charge is -2.48. The number of halogens is 2. The zero-order chi connectivity index (χ0) is 34.6. The molecule has 1 saturated carbocycles. The highest BCUT2D eigenvalue weighted by molar-refractivity contribution is 6.39. The minimum atomic E-state index is -0.0776. The van der Waals surface area contributed by atoms with Crippen LogP contribution in [0.5, 0.6) is 5.88 Å². The fourth-order valence-electron chi connectivity index (χ4n) is 8.61. The van der Waals surface area contributed by atoms with Crippen molar-refractivity contribution in [3.63, 3.8) is 0 Å². The van der Waals surface area contributed by atoms with Crippen LogP contribution < -0.4 is 10.1 Å². The molecule has 3 aliphatic heterocycles. The van der Waals surface area contributed by atoms with Crippen molar-refractivity contribution < 1.29 is 19.4 Å². The first-order chi connectivity index (χ1) is 24.2. The van der Waals surface area contributed by atoms with Crippen LogP contribution >= 0.6 is 23.2 Å². The quantitative estimate of drug-likeness (QED) is 0.195. The number of methoxy groups -OCH3 is 1. The monoisotopic (exact) mass is 710 g/mol. The van der Waals surface area contributed by atoms with E-state index in [-0.39, 0.29) is 23.5 Å². The van der Waals surface area contributed by atoms with Crippen LogP contribution in [0.2, 0.25) is 10.0 Å². The molecule has 2 spiro atoms. The molecule has 1 amide bonds. The Kier molecular flexibility index (Phi) is 8.72. The predicted octanol–water partition coefficient (Wildman–Crippen LogP) is 6.91. The molecule has 4 heterocycles. The molecule has 10 heteroatoms. The molecule has 4 fully saturated rings. The summed E-state index contributed by atoms with van der Waals surface area (Å²) in [6.45, 7) is 4.89. The van der Waals surface area contributed by atoms with Crippen molar-refractivity contribution in [1.29, 1.82) is 0 Å². The molecule has 4 aromatic rings. The summed E-state index contributed by atoms with van der Waals surface area (Å²) in [4.78, 5) is 33.1. The summed E-state index contributed by atoms with van der Waals surface area (Å²) in [7, 11) is 1.63. The van der Waals surface area contributed by atoms with Gasteiger partial charge in [0.2, 0.25) is 11.8 Å². The average molecular weight is 712 g/mol. The molecule has 258 valence electrons. The molecular weight excluding hydrogens is 671 g/mol. The number of carbonyl (C=O) groups is 2. The van der Waals surface area contributed by atoms with Gasteiger partial charge in [-0.3, -0.25) is 19.4 Å². The Morgan fingerprint density at radius 3 is 2.12 bits per heavy atom. The summed E-state index contributed by atoms with van der Waals surface area (Å²) in [6.07, 6.45) is 3.90. The molecule has 1 aliphatic carbocycles. The summed E-state index contributed by atoms with van der Waals surface area (Å²) < 4.78 is 5.73. The number of aliphatic hydroxyl groups is 1. The van der Waals surface area contributed by atoms with Gasteiger partial charge < -0.3 is 15.2 Å². The Bertz CT molecular complexity index is 1860. The maximum atomic E-state index is 11.9. The molecule has 8 nitrogen and oxygen atoms in total. The minimum absolute atomic E-state index is 0.0713. The number of amides is 1. The summed E-state index contributed by atoms with van der Waals surface area (Å²) in [6, 6.07) is 22.0. The van der Waals surface area contributed by atoms with Gasteiger partial charge in [-0.15, -0.1) is 0 Å². The Labute approximate surface area is 302 Å². The number of rotatable bonds is 9. The van der Waals surface area contributed by atoms with Crippen LogP contribution in [0, 0.1) is 5.41 Å². The van der Waals surface area contributed by atoms with Crippen LogP contribution in [0.4, 0.5) is 0 Å². The van der Waals surface area contributed by atoms with Gasteiger partial charge >= 0.3 is 0 Å². The lowest BCUT2D eigenvalue weighted by Crippen LogP contribution is -2.66. The highest BCUT2D eigenvalue weighted by Gasteiger charge is 2.48. The maximum Gasteiger partial charge on any atom is 0.220 e. The number of hydrogen-bond acceptors (Lipinski definition) is 7. The van der Waals surface area contributed by atoms with Crippen LogP contribution in [0.15, 0.2) is 66.7 Å². The molecular formula is C40H40Cl2N4O4. The van der Waals surface area contributed by atoms with E-state index >= 15 is 0 Å². The van der Waals surface area contributed by atoms with Gasteiger partial charge in [-0.2, -0.15) is 0 Å². The zero-order valence-electron chi connectivity index (χ0n) is 28.1. The zero-order valence-corrected chi connectivity index (χ0v) is 29.6. The van der Waals surface area contributed by atoms with Crippen molar-refractivity contribution in [2.24, 2.45) is 5.41 Å². The normalized spacial score (nSPS) is 19.5. The first-order valence-corrected chi connectivity index (χ1v) is 18.0. The van der Waals surface area contributed by atoms with Gasteiger partial charge in [-0.1, -0.05) is 77.8 Å². The number of carbonyl (C=O) groups excluding carboxylic acids is 2. The van der Waals surface area contributed by atoms with Crippen LogP contribution in [-0.2, 0) is 29.3 Å². The predicted molar refractivity (Wildman–Crippen MR) is 195 cm³/mol. The summed E-state index contributed by atoms with van der Waals surface area (Å²) in [5.74, 6) is 1.07. The van der Waals surface area contributed by atoms with Crippen molar-refractivity contribution in [2.75, 3.05) is 33.3 Å². The molecule has 4 aliphatic rings. The lowest BCUT2D eigenvalue weighted by atomic mass is 9.78. The molecule has 1 aromatic heterocycles. The summed E-state index contributed by atoms with van der Waals surface area (Å²) in [5.41, 5.74) is 7.87. The Balaban J connectivity index is 1.01. The summed E-state index contributed by atoms with van der Waals surface area (Å²) >= 11 is 14.3. The molecule has 0 radical (unpaired) electrons. The lowest BCUT2D eigenvalue weighted by molar-refractivity contribution is -0.121. The molecule has 50 heavy (non-hydrogen) atoms. The number of ether oxygens (including phenoxy) is 1. The number of nitrogens with one attached hydrogen (secondary N) is 1. The number of aromatic nitrogens is 1. The van der Waals surface area contributed by atoms with E-state index in [0.29, 0.717) is 53.2 Å². The van der Waals surface area contributed by atoms with Crippen LogP contribution in [0.3, 0.4) is 0 Å². The Morgan fingerprint density at radius 2 is 1.46 bits per heavy atom. The van der Waals surface area contributed by atoms with Gasteiger partial charge in [0, 0.05) is 91.8 Å². The van der Waals surface area contributed by atoms with Gasteiger partial charge in [0.25, 0.3) is 0 Å². The third-order valence-electron chi connectivity index (χ3n) is 11.1. The molecule has 2 N–H and O–H groups in total. The van der Waals surface area contributed by atoms with E-state index in [4.69, 9.17) is 32.9 Å². The fourth-order valence-corrected chi connectivity index (χ4v) is 9.27. The standard InChI is InChI=1S/C40H40Cl2N4O4/c1-50-38-27(19-46-23-40(24-46)15-13-35(49)44-40)10-11-34(43-38)33-7-3-6-32(37(33)42)31-5-2-4-30(36(31)41)25-8-9-26(28(16-25)20-47)18-45-21-39(22-45)14-12-29(48)17-39/h2-11,16,47H,12-15,17-24H2,1H3,(H,44,49). The van der Waals surface area contributed by atoms with Crippen molar-refractivity contribution >= 4 is 34.9 Å². The number of ketones is 1. The number of benzene rings is 3. The smallest absolute Gasteiger partial charge is 0.220 e. The highest BCUT2D eigenvalue weighted by atomic mass is 35.5. The molecule has 3 aromatic carbocycles. The molecule has 0 unspecified atom stereocenters. The number of pyridine rings is 1. The van der Waals surface area contributed by atoms with Crippen molar-refractivity contribution in [2.45, 2.75) is 57.3 Å². The second-order valence-corrected chi connectivity index (χ2v) is 15.4. The van der Waals surface area contributed by atoms with Crippen molar-refractivity contribution in [3.05, 3.63) is 93.5 Å². The van der Waals surface area contributed by atoms with Crippen molar-refractivity contribution in [1.82, 2.24) is 20.1 Å².